The largest absolute Gasteiger partial charge is 0.497 e. The molecule has 0 unspecified atom stereocenters. The lowest BCUT2D eigenvalue weighted by Crippen LogP contribution is -2.75. The number of carbonyl (C=O) groups is 3. The van der Waals surface area contributed by atoms with Crippen LogP contribution in [0, 0.1) is 15.5 Å². The van der Waals surface area contributed by atoms with Crippen LogP contribution in [0.15, 0.2) is 42.5 Å². The average Bonchev–Trinajstić information content (AvgIpc) is 2.86. The lowest BCUT2D eigenvalue weighted by Gasteiger charge is -2.56. The maximum atomic E-state index is 14.0. The molecule has 2 aromatic rings. The Morgan fingerprint density at radius 1 is 1.11 bits per heavy atom. The number of anilines is 2. The topological polar surface area (TPSA) is 125 Å². The molecule has 188 valence electrons. The van der Waals surface area contributed by atoms with E-state index >= 15 is 0 Å². The zero-order valence-corrected chi connectivity index (χ0v) is 20.3. The van der Waals surface area contributed by atoms with Crippen molar-refractivity contribution in [3.8, 4) is 5.75 Å². The summed E-state index contributed by atoms with van der Waals surface area (Å²) in [7, 11) is 1.59. The predicted molar refractivity (Wildman–Crippen MR) is 131 cm³/mol. The van der Waals surface area contributed by atoms with Gasteiger partial charge in [0.15, 0.2) is 5.41 Å². The summed E-state index contributed by atoms with van der Waals surface area (Å²) in [6.07, 6.45) is -0.0389. The summed E-state index contributed by atoms with van der Waals surface area (Å²) >= 11 is 0. The SMILES string of the molecule is COc1ccc(N2CCN3c4ccc([N+](=O)[O-])cc4C[C@@]4(C(=O)NC(=O)N(C(C)C)C4=O)[C@@H]3C2)cc1. The van der Waals surface area contributed by atoms with Crippen LogP contribution >= 0.6 is 0 Å². The number of nitrogens with zero attached hydrogens (tertiary/aromatic N) is 4. The van der Waals surface area contributed by atoms with Crippen molar-refractivity contribution in [2.24, 2.45) is 5.41 Å². The number of fused-ring (bicyclic) bond motifs is 4. The first-order chi connectivity index (χ1) is 17.2. The molecule has 0 aromatic heterocycles. The molecule has 2 aromatic carbocycles. The standard InChI is InChI=1S/C25H27N5O6/c1-15(2)29-23(32)25(22(31)26-24(29)33)13-16-12-18(30(34)35)6-9-20(16)28-11-10-27(14-21(25)28)17-4-7-19(36-3)8-5-17/h4-9,12,15,21H,10-11,13-14H2,1-3H3,(H,26,31,33)/t21-,25-/m0/s1. The number of piperazine rings is 1. The second-order valence-corrected chi connectivity index (χ2v) is 9.60. The van der Waals surface area contributed by atoms with Gasteiger partial charge in [0.05, 0.1) is 18.1 Å². The second-order valence-electron chi connectivity index (χ2n) is 9.60. The number of barbiturate groups is 1. The van der Waals surface area contributed by atoms with Gasteiger partial charge in [-0.05, 0) is 49.7 Å². The van der Waals surface area contributed by atoms with Gasteiger partial charge < -0.3 is 14.5 Å². The number of carbonyl (C=O) groups excluding carboxylic acids is 3. The summed E-state index contributed by atoms with van der Waals surface area (Å²) < 4.78 is 5.26. The van der Waals surface area contributed by atoms with Gasteiger partial charge in [-0.3, -0.25) is 29.9 Å². The van der Waals surface area contributed by atoms with Crippen molar-refractivity contribution in [2.45, 2.75) is 32.4 Å². The summed E-state index contributed by atoms with van der Waals surface area (Å²) in [6, 6.07) is 10.3. The lowest BCUT2D eigenvalue weighted by molar-refractivity contribution is -0.384. The van der Waals surface area contributed by atoms with Crippen LogP contribution in [0.2, 0.25) is 0 Å². The minimum Gasteiger partial charge on any atom is -0.497 e. The molecule has 0 bridgehead atoms. The highest BCUT2D eigenvalue weighted by atomic mass is 16.6. The van der Waals surface area contributed by atoms with E-state index in [1.165, 1.54) is 12.1 Å². The molecule has 1 N–H and O–H groups in total. The highest BCUT2D eigenvalue weighted by Gasteiger charge is 2.63. The number of imide groups is 2. The van der Waals surface area contributed by atoms with E-state index in [2.05, 4.69) is 10.2 Å². The summed E-state index contributed by atoms with van der Waals surface area (Å²) in [5.41, 5.74) is 0.491. The van der Waals surface area contributed by atoms with Crippen LogP contribution in [0.25, 0.3) is 0 Å². The minimum absolute atomic E-state index is 0.0389. The smallest absolute Gasteiger partial charge is 0.331 e. The molecule has 0 saturated carbocycles. The Kier molecular flexibility index (Phi) is 5.57. The van der Waals surface area contributed by atoms with Crippen LogP contribution < -0.4 is 19.9 Å². The third kappa shape index (κ3) is 3.45. The van der Waals surface area contributed by atoms with E-state index < -0.39 is 40.3 Å². The number of nitro groups is 1. The van der Waals surface area contributed by atoms with E-state index in [0.29, 0.717) is 25.2 Å². The number of nitrogens with one attached hydrogen (secondary N) is 1. The third-order valence-electron chi connectivity index (χ3n) is 7.40. The van der Waals surface area contributed by atoms with Crippen molar-refractivity contribution in [3.05, 3.63) is 58.1 Å². The number of rotatable bonds is 4. The van der Waals surface area contributed by atoms with Crippen LogP contribution in [0.1, 0.15) is 19.4 Å². The molecule has 0 radical (unpaired) electrons. The molecule has 3 aliphatic heterocycles. The van der Waals surface area contributed by atoms with Crippen molar-refractivity contribution in [1.29, 1.82) is 0 Å². The van der Waals surface area contributed by atoms with Gasteiger partial charge in [-0.1, -0.05) is 0 Å². The molecular formula is C25H27N5O6. The Balaban J connectivity index is 1.63. The number of urea groups is 1. The summed E-state index contributed by atoms with van der Waals surface area (Å²) in [5.74, 6) is -0.525. The summed E-state index contributed by atoms with van der Waals surface area (Å²) in [6.45, 7) is 4.87. The number of amides is 4. The van der Waals surface area contributed by atoms with E-state index in [4.69, 9.17) is 4.74 Å². The van der Waals surface area contributed by atoms with Crippen molar-refractivity contribution < 1.29 is 24.0 Å². The fraction of sp³-hybridized carbons (Fsp3) is 0.400. The maximum absolute atomic E-state index is 14.0. The molecule has 5 rings (SSSR count). The highest BCUT2D eigenvalue weighted by molar-refractivity contribution is 6.20. The Labute approximate surface area is 207 Å². The number of methoxy groups -OCH3 is 1. The lowest BCUT2D eigenvalue weighted by atomic mass is 9.67. The second kappa shape index (κ2) is 8.51. The Morgan fingerprint density at radius 2 is 1.83 bits per heavy atom. The van der Waals surface area contributed by atoms with Crippen molar-refractivity contribution >= 4 is 34.9 Å². The molecule has 2 fully saturated rings. The van der Waals surface area contributed by atoms with Crippen LogP contribution in [0.5, 0.6) is 5.75 Å². The highest BCUT2D eigenvalue weighted by Crippen LogP contribution is 2.47. The molecule has 36 heavy (non-hydrogen) atoms. The zero-order valence-electron chi connectivity index (χ0n) is 20.3. The molecule has 11 heteroatoms. The first-order valence-corrected chi connectivity index (χ1v) is 11.8. The molecule has 3 aliphatic rings. The van der Waals surface area contributed by atoms with Crippen LogP contribution in [0.3, 0.4) is 0 Å². The van der Waals surface area contributed by atoms with E-state index in [0.717, 1.165) is 22.0 Å². The molecule has 4 amide bonds. The Bertz CT molecular complexity index is 1260. The van der Waals surface area contributed by atoms with Crippen molar-refractivity contribution in [1.82, 2.24) is 10.2 Å². The molecule has 3 heterocycles. The fourth-order valence-corrected chi connectivity index (χ4v) is 5.64. The maximum Gasteiger partial charge on any atom is 0.331 e. The van der Waals surface area contributed by atoms with Crippen LogP contribution in [-0.4, -0.2) is 66.5 Å². The molecule has 2 atom stereocenters. The van der Waals surface area contributed by atoms with Gasteiger partial charge in [0, 0.05) is 55.6 Å². The number of non-ortho nitro benzene ring substituents is 1. The number of nitro benzene ring substituents is 1. The Morgan fingerprint density at radius 3 is 2.47 bits per heavy atom. The average molecular weight is 494 g/mol. The number of hydrogen-bond donors (Lipinski definition) is 1. The molecule has 2 saturated heterocycles. The summed E-state index contributed by atoms with van der Waals surface area (Å²) in [4.78, 5) is 56.4. The number of ether oxygens (including phenoxy) is 1. The van der Waals surface area contributed by atoms with E-state index in [9.17, 15) is 24.5 Å². The fourth-order valence-electron chi connectivity index (χ4n) is 5.64. The third-order valence-corrected chi connectivity index (χ3v) is 7.40. The van der Waals surface area contributed by atoms with Gasteiger partial charge in [-0.2, -0.15) is 0 Å². The molecule has 11 nitrogen and oxygen atoms in total. The van der Waals surface area contributed by atoms with E-state index in [1.807, 2.05) is 29.2 Å². The van der Waals surface area contributed by atoms with E-state index in [-0.39, 0.29) is 12.1 Å². The number of hydrogen-bond acceptors (Lipinski definition) is 8. The number of benzene rings is 2. The predicted octanol–water partition coefficient (Wildman–Crippen LogP) is 2.33. The first kappa shape index (κ1) is 23.6. The van der Waals surface area contributed by atoms with Crippen LogP contribution in [0.4, 0.5) is 21.9 Å². The van der Waals surface area contributed by atoms with Crippen molar-refractivity contribution in [3.63, 3.8) is 0 Å². The van der Waals surface area contributed by atoms with Gasteiger partial charge in [0.2, 0.25) is 11.8 Å². The van der Waals surface area contributed by atoms with Gasteiger partial charge in [0.1, 0.15) is 5.75 Å². The quantitative estimate of drug-likeness (QED) is 0.391. The van der Waals surface area contributed by atoms with Gasteiger partial charge in [-0.15, -0.1) is 0 Å². The van der Waals surface area contributed by atoms with Gasteiger partial charge >= 0.3 is 6.03 Å². The van der Waals surface area contributed by atoms with Crippen LogP contribution in [-0.2, 0) is 16.0 Å². The normalized spacial score (nSPS) is 23.5. The molecular weight excluding hydrogens is 466 g/mol. The van der Waals surface area contributed by atoms with Gasteiger partial charge in [-0.25, -0.2) is 4.79 Å². The summed E-state index contributed by atoms with van der Waals surface area (Å²) in [5, 5.41) is 13.9. The Hall–Kier alpha value is -4.15. The monoisotopic (exact) mass is 493 g/mol. The zero-order chi connectivity index (χ0) is 25.8. The van der Waals surface area contributed by atoms with Gasteiger partial charge in [0.25, 0.3) is 5.69 Å². The minimum atomic E-state index is -1.62. The van der Waals surface area contributed by atoms with E-state index in [1.54, 1.807) is 27.0 Å². The molecule has 0 aliphatic carbocycles. The molecule has 1 spiro atoms. The first-order valence-electron chi connectivity index (χ1n) is 11.8. The van der Waals surface area contributed by atoms with Crippen molar-refractivity contribution in [2.75, 3.05) is 36.5 Å².